The van der Waals surface area contributed by atoms with Gasteiger partial charge in [0, 0.05) is 6.26 Å². The zero-order valence-electron chi connectivity index (χ0n) is 8.30. The van der Waals surface area contributed by atoms with E-state index in [-0.39, 0.29) is 4.90 Å². The molecular formula is C10H11NO3S. The average Bonchev–Trinajstić information content (AvgIpc) is 2.18. The molecule has 4 nitrogen and oxygen atoms in total. The van der Waals surface area contributed by atoms with Gasteiger partial charge in [-0.3, -0.25) is 0 Å². The van der Waals surface area contributed by atoms with E-state index in [0.29, 0.717) is 18.8 Å². The second-order valence-electron chi connectivity index (χ2n) is 3.00. The van der Waals surface area contributed by atoms with E-state index in [0.717, 1.165) is 6.26 Å². The van der Waals surface area contributed by atoms with Crippen molar-refractivity contribution in [1.29, 1.82) is 5.26 Å². The number of nitriles is 1. The summed E-state index contributed by atoms with van der Waals surface area (Å²) >= 11 is 0. The van der Waals surface area contributed by atoms with Crippen molar-refractivity contribution in [3.8, 4) is 11.8 Å². The Balaban J connectivity index is 2.70. The first-order chi connectivity index (χ1) is 7.04. The molecule has 0 amide bonds. The summed E-state index contributed by atoms with van der Waals surface area (Å²) in [5, 5.41) is 8.29. The third-order valence-corrected chi connectivity index (χ3v) is 2.86. The van der Waals surface area contributed by atoms with Crippen LogP contribution in [0, 0.1) is 11.3 Å². The van der Waals surface area contributed by atoms with Crippen molar-refractivity contribution in [2.45, 2.75) is 11.3 Å². The summed E-state index contributed by atoms with van der Waals surface area (Å²) in [4.78, 5) is 0.259. The highest BCUT2D eigenvalue weighted by molar-refractivity contribution is 7.90. The minimum absolute atomic E-state index is 0.259. The Morgan fingerprint density at radius 3 is 2.40 bits per heavy atom. The van der Waals surface area contributed by atoms with E-state index in [4.69, 9.17) is 10.00 Å². The summed E-state index contributed by atoms with van der Waals surface area (Å²) < 4.78 is 27.4. The maximum Gasteiger partial charge on any atom is 0.175 e. The van der Waals surface area contributed by atoms with Crippen LogP contribution in [0.15, 0.2) is 29.2 Å². The average molecular weight is 225 g/mol. The van der Waals surface area contributed by atoms with Crippen molar-refractivity contribution in [2.24, 2.45) is 0 Å². The first-order valence-electron chi connectivity index (χ1n) is 4.34. The predicted molar refractivity (Wildman–Crippen MR) is 55.3 cm³/mol. The molecule has 0 aliphatic rings. The minimum atomic E-state index is -3.15. The van der Waals surface area contributed by atoms with Crippen LogP contribution in [0.25, 0.3) is 0 Å². The Hall–Kier alpha value is -1.54. The summed E-state index contributed by atoms with van der Waals surface area (Å²) in [5.41, 5.74) is 0. The standard InChI is InChI=1S/C10H11NO3S/c1-15(12,13)10-5-3-9(4-6-10)14-8-2-7-11/h3-6H,2,8H2,1H3. The van der Waals surface area contributed by atoms with Crippen molar-refractivity contribution in [2.75, 3.05) is 12.9 Å². The quantitative estimate of drug-likeness (QED) is 0.726. The number of sulfone groups is 1. The van der Waals surface area contributed by atoms with Gasteiger partial charge in [-0.25, -0.2) is 8.42 Å². The first kappa shape index (κ1) is 11.5. The molecule has 0 fully saturated rings. The molecule has 1 rings (SSSR count). The normalized spacial score (nSPS) is 10.7. The molecule has 0 unspecified atom stereocenters. The molecule has 5 heteroatoms. The summed E-state index contributed by atoms with van der Waals surface area (Å²) in [6.07, 6.45) is 1.46. The largest absolute Gasteiger partial charge is 0.493 e. The molecular weight excluding hydrogens is 214 g/mol. The molecule has 0 radical (unpaired) electrons. The minimum Gasteiger partial charge on any atom is -0.493 e. The fraction of sp³-hybridized carbons (Fsp3) is 0.300. The van der Waals surface area contributed by atoms with Gasteiger partial charge >= 0.3 is 0 Å². The number of ether oxygens (including phenoxy) is 1. The zero-order chi connectivity index (χ0) is 11.3. The summed E-state index contributed by atoms with van der Waals surface area (Å²) in [5.74, 6) is 0.567. The molecule has 0 atom stereocenters. The second-order valence-corrected chi connectivity index (χ2v) is 5.02. The Bertz CT molecular complexity index is 456. The number of benzene rings is 1. The monoisotopic (exact) mass is 225 g/mol. The van der Waals surface area contributed by atoms with E-state index >= 15 is 0 Å². The number of nitrogens with zero attached hydrogens (tertiary/aromatic N) is 1. The lowest BCUT2D eigenvalue weighted by Crippen LogP contribution is -1.98. The van der Waals surface area contributed by atoms with Crippen molar-refractivity contribution >= 4 is 9.84 Å². The Morgan fingerprint density at radius 2 is 1.93 bits per heavy atom. The van der Waals surface area contributed by atoms with Gasteiger partial charge < -0.3 is 4.74 Å². The molecule has 0 aliphatic carbocycles. The third kappa shape index (κ3) is 3.60. The highest BCUT2D eigenvalue weighted by atomic mass is 32.2. The fourth-order valence-corrected chi connectivity index (χ4v) is 1.63. The van der Waals surface area contributed by atoms with Gasteiger partial charge in [-0.15, -0.1) is 0 Å². The van der Waals surface area contributed by atoms with Crippen molar-refractivity contribution in [3.05, 3.63) is 24.3 Å². The molecule has 0 bridgehead atoms. The van der Waals surface area contributed by atoms with E-state index in [1.165, 1.54) is 12.1 Å². The van der Waals surface area contributed by atoms with Crippen molar-refractivity contribution in [3.63, 3.8) is 0 Å². The lowest BCUT2D eigenvalue weighted by atomic mass is 10.3. The van der Waals surface area contributed by atoms with Crippen LogP contribution < -0.4 is 4.74 Å². The van der Waals surface area contributed by atoms with Crippen molar-refractivity contribution < 1.29 is 13.2 Å². The Labute approximate surface area is 89.0 Å². The highest BCUT2D eigenvalue weighted by Gasteiger charge is 2.05. The first-order valence-corrected chi connectivity index (χ1v) is 6.23. The maximum atomic E-state index is 11.1. The van der Waals surface area contributed by atoms with Gasteiger partial charge in [-0.05, 0) is 24.3 Å². The number of hydrogen-bond acceptors (Lipinski definition) is 4. The lowest BCUT2D eigenvalue weighted by molar-refractivity contribution is 0.326. The molecule has 80 valence electrons. The molecule has 0 aliphatic heterocycles. The van der Waals surface area contributed by atoms with Crippen LogP contribution in [0.2, 0.25) is 0 Å². The van der Waals surface area contributed by atoms with E-state index in [1.54, 1.807) is 12.1 Å². The Morgan fingerprint density at radius 1 is 1.33 bits per heavy atom. The van der Waals surface area contributed by atoms with E-state index in [1.807, 2.05) is 6.07 Å². The summed E-state index contributed by atoms with van der Waals surface area (Å²) in [6, 6.07) is 8.07. The van der Waals surface area contributed by atoms with E-state index in [2.05, 4.69) is 0 Å². The van der Waals surface area contributed by atoms with Crippen LogP contribution in [0.1, 0.15) is 6.42 Å². The Kier molecular flexibility index (Phi) is 3.69. The summed E-state index contributed by atoms with van der Waals surface area (Å²) in [6.45, 7) is 0.314. The molecule has 0 heterocycles. The van der Waals surface area contributed by atoms with E-state index < -0.39 is 9.84 Å². The molecule has 1 aromatic rings. The second kappa shape index (κ2) is 4.80. The topological polar surface area (TPSA) is 67.2 Å². The molecule has 0 saturated heterocycles. The van der Waals surface area contributed by atoms with Gasteiger partial charge in [0.15, 0.2) is 9.84 Å². The number of hydrogen-bond donors (Lipinski definition) is 0. The molecule has 1 aromatic carbocycles. The predicted octanol–water partition coefficient (Wildman–Crippen LogP) is 1.38. The molecule has 0 spiro atoms. The van der Waals surface area contributed by atoms with Gasteiger partial charge in [0.2, 0.25) is 0 Å². The van der Waals surface area contributed by atoms with Crippen LogP contribution in [0.3, 0.4) is 0 Å². The molecule has 15 heavy (non-hydrogen) atoms. The maximum absolute atomic E-state index is 11.1. The fourth-order valence-electron chi connectivity index (χ4n) is 0.998. The number of rotatable bonds is 4. The van der Waals surface area contributed by atoms with E-state index in [9.17, 15) is 8.42 Å². The highest BCUT2D eigenvalue weighted by Crippen LogP contribution is 2.15. The van der Waals surface area contributed by atoms with Crippen molar-refractivity contribution in [1.82, 2.24) is 0 Å². The van der Waals surface area contributed by atoms with Crippen LogP contribution in [0.4, 0.5) is 0 Å². The lowest BCUT2D eigenvalue weighted by Gasteiger charge is -2.04. The SMILES string of the molecule is CS(=O)(=O)c1ccc(OCCC#N)cc1. The zero-order valence-corrected chi connectivity index (χ0v) is 9.12. The van der Waals surface area contributed by atoms with Gasteiger partial charge in [0.1, 0.15) is 12.4 Å². The van der Waals surface area contributed by atoms with Crippen LogP contribution >= 0.6 is 0 Å². The third-order valence-electron chi connectivity index (χ3n) is 1.73. The molecule has 0 saturated carbocycles. The van der Waals surface area contributed by atoms with Gasteiger partial charge in [0.05, 0.1) is 17.4 Å². The molecule has 0 aromatic heterocycles. The van der Waals surface area contributed by atoms with Gasteiger partial charge in [0.25, 0.3) is 0 Å². The van der Waals surface area contributed by atoms with Crippen LogP contribution in [0.5, 0.6) is 5.75 Å². The smallest absolute Gasteiger partial charge is 0.175 e. The van der Waals surface area contributed by atoms with Crippen LogP contribution in [-0.2, 0) is 9.84 Å². The van der Waals surface area contributed by atoms with Gasteiger partial charge in [-0.2, -0.15) is 5.26 Å². The van der Waals surface area contributed by atoms with Gasteiger partial charge in [-0.1, -0.05) is 0 Å². The van der Waals surface area contributed by atoms with Crippen LogP contribution in [-0.4, -0.2) is 21.3 Å². The summed E-state index contributed by atoms with van der Waals surface area (Å²) in [7, 11) is -3.15. The molecule has 0 N–H and O–H groups in total.